The van der Waals surface area contributed by atoms with E-state index in [1.165, 1.54) is 0 Å². The molecular weight excluding hydrogens is 284 g/mol. The summed E-state index contributed by atoms with van der Waals surface area (Å²) in [6.45, 7) is 6.76. The third-order valence-electron chi connectivity index (χ3n) is 3.63. The number of aromatic nitrogens is 4. The van der Waals surface area contributed by atoms with Gasteiger partial charge in [0.15, 0.2) is 5.82 Å². The zero-order valence-electron chi connectivity index (χ0n) is 12.9. The highest BCUT2D eigenvalue weighted by Gasteiger charge is 2.20. The molecule has 2 aromatic heterocycles. The van der Waals surface area contributed by atoms with Gasteiger partial charge in [-0.2, -0.15) is 4.98 Å². The van der Waals surface area contributed by atoms with Crippen LogP contribution in [0.15, 0.2) is 16.9 Å². The van der Waals surface area contributed by atoms with Crippen LogP contribution in [-0.2, 0) is 17.9 Å². The summed E-state index contributed by atoms with van der Waals surface area (Å²) >= 11 is 0. The predicted octanol–water partition coefficient (Wildman–Crippen LogP) is 0.637. The zero-order valence-corrected chi connectivity index (χ0v) is 12.9. The van der Waals surface area contributed by atoms with Crippen molar-refractivity contribution >= 4 is 5.82 Å². The molecule has 8 heteroatoms. The number of piperazine rings is 1. The minimum Gasteiger partial charge on any atom is -0.377 e. The predicted molar refractivity (Wildman–Crippen MR) is 79.3 cm³/mol. The third kappa shape index (κ3) is 3.58. The number of nitrogens with zero attached hydrogens (tertiary/aromatic N) is 6. The molecule has 8 nitrogen and oxygen atoms in total. The number of aryl methyl sites for hydroxylation is 1. The Morgan fingerprint density at radius 3 is 2.77 bits per heavy atom. The first kappa shape index (κ1) is 14.9. The highest BCUT2D eigenvalue weighted by atomic mass is 16.5. The van der Waals surface area contributed by atoms with Gasteiger partial charge in [-0.25, -0.2) is 9.97 Å². The molecule has 0 atom stereocenters. The maximum Gasteiger partial charge on any atom is 0.240 e. The first-order chi connectivity index (χ1) is 10.7. The minimum atomic E-state index is 0.379. The van der Waals surface area contributed by atoms with Crippen LogP contribution in [-0.4, -0.2) is 58.3 Å². The highest BCUT2D eigenvalue weighted by molar-refractivity contribution is 5.39. The van der Waals surface area contributed by atoms with Crippen LogP contribution in [0, 0.1) is 6.92 Å². The zero-order chi connectivity index (χ0) is 15.4. The van der Waals surface area contributed by atoms with E-state index in [0.29, 0.717) is 24.9 Å². The summed E-state index contributed by atoms with van der Waals surface area (Å²) in [5.41, 5.74) is 0.990. The van der Waals surface area contributed by atoms with Gasteiger partial charge in [-0.1, -0.05) is 5.16 Å². The Labute approximate surface area is 129 Å². The second-order valence-electron chi connectivity index (χ2n) is 5.32. The highest BCUT2D eigenvalue weighted by Crippen LogP contribution is 2.14. The van der Waals surface area contributed by atoms with Crippen LogP contribution in [0.2, 0.25) is 0 Å². The summed E-state index contributed by atoms with van der Waals surface area (Å²) in [4.78, 5) is 17.4. The molecule has 1 saturated heterocycles. The van der Waals surface area contributed by atoms with Crippen molar-refractivity contribution in [2.75, 3.05) is 38.2 Å². The van der Waals surface area contributed by atoms with Crippen molar-refractivity contribution in [3.05, 3.63) is 29.8 Å². The van der Waals surface area contributed by atoms with Crippen LogP contribution in [0.4, 0.5) is 5.82 Å². The Morgan fingerprint density at radius 1 is 1.23 bits per heavy atom. The first-order valence-electron chi connectivity index (χ1n) is 7.31. The molecule has 0 amide bonds. The summed E-state index contributed by atoms with van der Waals surface area (Å²) in [6, 6.07) is 2.02. The number of hydrogen-bond acceptors (Lipinski definition) is 8. The Balaban J connectivity index is 1.53. The van der Waals surface area contributed by atoms with Gasteiger partial charge in [-0.15, -0.1) is 0 Å². The van der Waals surface area contributed by atoms with Crippen molar-refractivity contribution in [2.24, 2.45) is 0 Å². The fourth-order valence-corrected chi connectivity index (χ4v) is 2.48. The fraction of sp³-hybridized carbons (Fsp3) is 0.571. The molecule has 0 unspecified atom stereocenters. The average Bonchev–Trinajstić information content (AvgIpc) is 2.96. The van der Waals surface area contributed by atoms with Gasteiger partial charge < -0.3 is 14.2 Å². The first-order valence-corrected chi connectivity index (χ1v) is 7.31. The second kappa shape index (κ2) is 6.80. The van der Waals surface area contributed by atoms with E-state index >= 15 is 0 Å². The Kier molecular flexibility index (Phi) is 4.59. The smallest absolute Gasteiger partial charge is 0.240 e. The molecule has 0 aliphatic carbocycles. The monoisotopic (exact) mass is 304 g/mol. The normalized spacial score (nSPS) is 16.2. The maximum atomic E-state index is 5.23. The largest absolute Gasteiger partial charge is 0.377 e. The summed E-state index contributed by atoms with van der Waals surface area (Å²) in [6.07, 6.45) is 1.62. The standard InChI is InChI=1S/C14H20N6O2/c1-11-7-13(16-10-15-11)20-5-3-19(4-6-20)8-14-17-12(9-21-2)18-22-14/h7,10H,3-6,8-9H2,1-2H3. The molecule has 1 aliphatic rings. The lowest BCUT2D eigenvalue weighted by Crippen LogP contribution is -2.46. The van der Waals surface area contributed by atoms with Crippen LogP contribution in [0.3, 0.4) is 0 Å². The molecule has 22 heavy (non-hydrogen) atoms. The summed E-state index contributed by atoms with van der Waals surface area (Å²) in [5, 5.41) is 3.88. The quantitative estimate of drug-likeness (QED) is 0.796. The minimum absolute atomic E-state index is 0.379. The van der Waals surface area contributed by atoms with Crippen molar-refractivity contribution in [1.29, 1.82) is 0 Å². The van der Waals surface area contributed by atoms with Gasteiger partial charge in [0.05, 0.1) is 6.54 Å². The summed E-state index contributed by atoms with van der Waals surface area (Å²) < 4.78 is 10.2. The van der Waals surface area contributed by atoms with Crippen LogP contribution in [0.5, 0.6) is 0 Å². The Morgan fingerprint density at radius 2 is 2.05 bits per heavy atom. The van der Waals surface area contributed by atoms with Crippen molar-refractivity contribution in [3.63, 3.8) is 0 Å². The number of ether oxygens (including phenoxy) is 1. The topological polar surface area (TPSA) is 80.4 Å². The molecule has 0 aromatic carbocycles. The van der Waals surface area contributed by atoms with Crippen molar-refractivity contribution in [3.8, 4) is 0 Å². The molecule has 3 heterocycles. The third-order valence-corrected chi connectivity index (χ3v) is 3.63. The molecule has 2 aromatic rings. The molecule has 0 bridgehead atoms. The van der Waals surface area contributed by atoms with E-state index in [2.05, 4.69) is 29.9 Å². The van der Waals surface area contributed by atoms with Gasteiger partial charge in [0, 0.05) is 45.0 Å². The molecule has 0 radical (unpaired) electrons. The number of hydrogen-bond donors (Lipinski definition) is 0. The van der Waals surface area contributed by atoms with Crippen LogP contribution in [0.25, 0.3) is 0 Å². The van der Waals surface area contributed by atoms with E-state index in [1.54, 1.807) is 13.4 Å². The van der Waals surface area contributed by atoms with E-state index in [4.69, 9.17) is 9.26 Å². The van der Waals surface area contributed by atoms with Crippen LogP contribution in [0.1, 0.15) is 17.4 Å². The van der Waals surface area contributed by atoms with E-state index in [1.807, 2.05) is 13.0 Å². The second-order valence-corrected chi connectivity index (χ2v) is 5.32. The van der Waals surface area contributed by atoms with E-state index in [-0.39, 0.29) is 0 Å². The maximum absolute atomic E-state index is 5.23. The molecular formula is C14H20N6O2. The lowest BCUT2D eigenvalue weighted by atomic mass is 10.3. The molecule has 0 N–H and O–H groups in total. The number of methoxy groups -OCH3 is 1. The van der Waals surface area contributed by atoms with Gasteiger partial charge in [-0.05, 0) is 6.92 Å². The summed E-state index contributed by atoms with van der Waals surface area (Å²) in [7, 11) is 1.62. The molecule has 0 saturated carbocycles. The Hall–Kier alpha value is -2.06. The lowest BCUT2D eigenvalue weighted by molar-refractivity contribution is 0.174. The molecule has 1 fully saturated rings. The van der Waals surface area contributed by atoms with E-state index in [0.717, 1.165) is 37.7 Å². The molecule has 1 aliphatic heterocycles. The van der Waals surface area contributed by atoms with Gasteiger partial charge in [0.2, 0.25) is 5.89 Å². The fourth-order valence-electron chi connectivity index (χ4n) is 2.48. The van der Waals surface area contributed by atoms with Crippen molar-refractivity contribution in [2.45, 2.75) is 20.1 Å². The van der Waals surface area contributed by atoms with Crippen LogP contribution >= 0.6 is 0 Å². The lowest BCUT2D eigenvalue weighted by Gasteiger charge is -2.34. The van der Waals surface area contributed by atoms with Gasteiger partial charge in [-0.3, -0.25) is 4.90 Å². The van der Waals surface area contributed by atoms with Gasteiger partial charge in [0.25, 0.3) is 0 Å². The molecule has 118 valence electrons. The Bertz CT molecular complexity index is 609. The SMILES string of the molecule is COCc1noc(CN2CCN(c3cc(C)ncn3)CC2)n1. The van der Waals surface area contributed by atoms with Crippen molar-refractivity contribution < 1.29 is 9.26 Å². The van der Waals surface area contributed by atoms with Crippen LogP contribution < -0.4 is 4.90 Å². The van der Waals surface area contributed by atoms with Gasteiger partial charge in [0.1, 0.15) is 18.8 Å². The summed E-state index contributed by atoms with van der Waals surface area (Å²) in [5.74, 6) is 2.22. The number of rotatable bonds is 5. The van der Waals surface area contributed by atoms with E-state index < -0.39 is 0 Å². The number of anilines is 1. The molecule has 0 spiro atoms. The van der Waals surface area contributed by atoms with Crippen molar-refractivity contribution in [1.82, 2.24) is 25.0 Å². The van der Waals surface area contributed by atoms with E-state index in [9.17, 15) is 0 Å². The molecule has 3 rings (SSSR count). The van der Waals surface area contributed by atoms with Gasteiger partial charge >= 0.3 is 0 Å². The average molecular weight is 304 g/mol.